The van der Waals surface area contributed by atoms with Crippen LogP contribution < -0.4 is 0 Å². The predicted molar refractivity (Wildman–Crippen MR) is 291 cm³/mol. The largest absolute Gasteiger partial charge is 0.417 e. The number of aromatic nitrogens is 2. The molecule has 0 aliphatic heterocycles. The molecule has 0 atom stereocenters. The van der Waals surface area contributed by atoms with Crippen LogP contribution in [-0.4, -0.2) is 9.13 Å². The van der Waals surface area contributed by atoms with Crippen LogP contribution in [0.1, 0.15) is 33.4 Å². The van der Waals surface area contributed by atoms with Gasteiger partial charge in [0.2, 0.25) is 0 Å². The summed E-state index contributed by atoms with van der Waals surface area (Å²) in [7, 11) is 0. The molecule has 0 radical (unpaired) electrons. The zero-order valence-electron chi connectivity index (χ0n) is 39.9. The Hall–Kier alpha value is -11.0. The van der Waals surface area contributed by atoms with Crippen LogP contribution in [0.3, 0.4) is 0 Å². The summed E-state index contributed by atoms with van der Waals surface area (Å²) < 4.78 is 50.7. The van der Waals surface area contributed by atoms with E-state index in [0.29, 0.717) is 55.7 Å². The minimum absolute atomic E-state index is 0.102. The topological polar surface area (TPSA) is 129 Å². The second kappa shape index (κ2) is 18.3. The van der Waals surface area contributed by atoms with E-state index in [-0.39, 0.29) is 16.7 Å². The van der Waals surface area contributed by atoms with Crippen LogP contribution in [-0.2, 0) is 6.18 Å². The summed E-state index contributed by atoms with van der Waals surface area (Å²) in [6, 6.07) is 72.7. The fourth-order valence-electron chi connectivity index (χ4n) is 10.4. The van der Waals surface area contributed by atoms with Crippen molar-refractivity contribution in [2.45, 2.75) is 6.18 Å². The molecule has 0 spiro atoms. The lowest BCUT2D eigenvalue weighted by molar-refractivity contribution is -0.137. The third kappa shape index (κ3) is 7.83. The average molecular weight is 982 g/mol. The van der Waals surface area contributed by atoms with Gasteiger partial charge in [0.05, 0.1) is 91.1 Å². The predicted octanol–water partition coefficient (Wildman–Crippen LogP) is 16.6. The van der Waals surface area contributed by atoms with Gasteiger partial charge in [-0.3, -0.25) is 0 Å². The second-order valence-electron chi connectivity index (χ2n) is 18.4. The van der Waals surface area contributed by atoms with Crippen molar-refractivity contribution in [1.82, 2.24) is 9.13 Å². The number of nitriles is 5. The zero-order valence-corrected chi connectivity index (χ0v) is 39.9. The number of nitrogens with zero attached hydrogens (tertiary/aromatic N) is 7. The van der Waals surface area contributed by atoms with Crippen molar-refractivity contribution >= 4 is 43.6 Å². The average Bonchev–Trinajstić information content (AvgIpc) is 4.06. The Balaban J connectivity index is 1.20. The van der Waals surface area contributed by atoms with Gasteiger partial charge in [0.15, 0.2) is 0 Å². The van der Waals surface area contributed by atoms with Gasteiger partial charge in [-0.05, 0) is 141 Å². The summed E-state index contributed by atoms with van der Waals surface area (Å²) in [5.41, 5.74) is 11.3. The molecule has 0 unspecified atom stereocenters. The SMILES string of the molecule is N#Cc1ccc(-c2ccc3c4ccc(-c5ccc(C#N)cc5)cc4n(-c4cc(-c5ccccc5C(F)(F)F)c(-n5c6cc(-c7ccc(C#N)cc7)ccc6c6ccc(-c7ccc(C#N)cc7)cc65)cc4C#N)c3c2)cc1. The van der Waals surface area contributed by atoms with Crippen molar-refractivity contribution in [3.8, 4) is 97.4 Å². The number of hydrogen-bond donors (Lipinski definition) is 0. The summed E-state index contributed by atoms with van der Waals surface area (Å²) >= 11 is 0. The maximum Gasteiger partial charge on any atom is 0.417 e. The molecule has 7 nitrogen and oxygen atoms in total. The molecule has 0 saturated carbocycles. The quantitative estimate of drug-likeness (QED) is 0.157. The third-order valence-corrected chi connectivity index (χ3v) is 14.2. The molecule has 2 heterocycles. The van der Waals surface area contributed by atoms with Crippen LogP contribution >= 0.6 is 0 Å². The number of fused-ring (bicyclic) bond motifs is 6. The first-order valence-electron chi connectivity index (χ1n) is 24.0. The smallest absolute Gasteiger partial charge is 0.309 e. The standard InChI is InChI=1S/C66H34F3N7/c67-66(68,69)59-4-2-1-3-53(59)58-34-60(75-61-29-48(44-13-5-40(35-70)6-14-44)21-25-54(61)55-26-22-49(30-62(55)75)45-15-7-41(36-71)8-16-45)52(39-74)33-65(58)76-63-31-50(46-17-9-42(37-72)10-18-46)23-27-56(63)57-28-24-51(32-64(57)76)47-19-11-43(38-73)12-20-47/h1-34H. The van der Waals surface area contributed by atoms with Crippen LogP contribution in [0.15, 0.2) is 206 Å². The molecule has 0 amide bonds. The van der Waals surface area contributed by atoms with E-state index in [4.69, 9.17) is 0 Å². The molecule has 0 aliphatic carbocycles. The van der Waals surface area contributed by atoms with Crippen molar-refractivity contribution in [2.24, 2.45) is 0 Å². The molecular weight excluding hydrogens is 948 g/mol. The third-order valence-electron chi connectivity index (χ3n) is 14.2. The second-order valence-corrected chi connectivity index (χ2v) is 18.4. The zero-order chi connectivity index (χ0) is 52.2. The minimum Gasteiger partial charge on any atom is -0.309 e. The number of rotatable bonds is 7. The first kappa shape index (κ1) is 46.1. The first-order valence-corrected chi connectivity index (χ1v) is 24.0. The van der Waals surface area contributed by atoms with E-state index in [2.05, 4.69) is 30.3 Å². The van der Waals surface area contributed by atoms with Gasteiger partial charge in [-0.1, -0.05) is 115 Å². The summed E-state index contributed by atoms with van der Waals surface area (Å²) in [5.74, 6) is 0. The highest BCUT2D eigenvalue weighted by Crippen LogP contribution is 2.46. The highest BCUT2D eigenvalue weighted by atomic mass is 19.4. The Labute approximate surface area is 433 Å². The Morgan fingerprint density at radius 2 is 0.618 bits per heavy atom. The molecule has 0 fully saturated rings. The minimum atomic E-state index is -4.78. The van der Waals surface area contributed by atoms with Crippen LogP contribution in [0.25, 0.3) is 111 Å². The van der Waals surface area contributed by atoms with Crippen molar-refractivity contribution in [3.63, 3.8) is 0 Å². The molecule has 12 rings (SSSR count). The molecule has 10 heteroatoms. The van der Waals surface area contributed by atoms with Gasteiger partial charge < -0.3 is 9.13 Å². The molecular formula is C66H34F3N7. The normalized spacial score (nSPS) is 11.3. The molecule has 0 aliphatic rings. The van der Waals surface area contributed by atoms with E-state index in [1.165, 1.54) is 12.1 Å². The van der Waals surface area contributed by atoms with E-state index in [9.17, 15) is 26.3 Å². The fraction of sp³-hybridized carbons (Fsp3) is 0.0152. The fourth-order valence-corrected chi connectivity index (χ4v) is 10.4. The van der Waals surface area contributed by atoms with E-state index in [1.54, 1.807) is 66.7 Å². The van der Waals surface area contributed by atoms with Gasteiger partial charge in [0.25, 0.3) is 0 Å². The first-order chi connectivity index (χ1) is 37.0. The number of hydrogen-bond acceptors (Lipinski definition) is 5. The van der Waals surface area contributed by atoms with Crippen LogP contribution in [0.2, 0.25) is 0 Å². The van der Waals surface area contributed by atoms with Crippen molar-refractivity contribution in [3.05, 3.63) is 240 Å². The lowest BCUT2D eigenvalue weighted by Gasteiger charge is -2.21. The molecule has 0 bridgehead atoms. The van der Waals surface area contributed by atoms with Gasteiger partial charge >= 0.3 is 6.18 Å². The van der Waals surface area contributed by atoms with E-state index < -0.39 is 11.7 Å². The summed E-state index contributed by atoms with van der Waals surface area (Å²) in [6.45, 7) is 0. The van der Waals surface area contributed by atoms with Gasteiger partial charge in [-0.2, -0.15) is 39.5 Å². The molecule has 354 valence electrons. The van der Waals surface area contributed by atoms with E-state index >= 15 is 13.2 Å². The van der Waals surface area contributed by atoms with E-state index in [0.717, 1.165) is 72.1 Å². The van der Waals surface area contributed by atoms with Gasteiger partial charge in [0, 0.05) is 27.1 Å². The Kier molecular flexibility index (Phi) is 11.1. The monoisotopic (exact) mass is 981 g/mol. The van der Waals surface area contributed by atoms with Crippen molar-refractivity contribution in [2.75, 3.05) is 0 Å². The van der Waals surface area contributed by atoms with E-state index in [1.807, 2.05) is 130 Å². The molecule has 0 N–H and O–H groups in total. The summed E-state index contributed by atoms with van der Waals surface area (Å²) in [6.07, 6.45) is -4.78. The lowest BCUT2D eigenvalue weighted by Crippen LogP contribution is -2.09. The lowest BCUT2D eigenvalue weighted by atomic mass is 9.94. The maximum atomic E-state index is 15.6. The highest BCUT2D eigenvalue weighted by Gasteiger charge is 2.35. The Morgan fingerprint density at radius 1 is 0.303 bits per heavy atom. The molecule has 2 aromatic heterocycles. The molecule has 76 heavy (non-hydrogen) atoms. The Morgan fingerprint density at radius 3 is 0.934 bits per heavy atom. The van der Waals surface area contributed by atoms with Crippen molar-refractivity contribution < 1.29 is 13.2 Å². The Bertz CT molecular complexity index is 4360. The maximum absolute atomic E-state index is 15.6. The molecule has 0 saturated heterocycles. The number of benzene rings is 10. The molecule has 10 aromatic carbocycles. The number of halogens is 3. The summed E-state index contributed by atoms with van der Waals surface area (Å²) in [5, 5.41) is 53.2. The van der Waals surface area contributed by atoms with Gasteiger partial charge in [-0.25, -0.2) is 0 Å². The van der Waals surface area contributed by atoms with Crippen LogP contribution in [0.5, 0.6) is 0 Å². The van der Waals surface area contributed by atoms with Gasteiger partial charge in [0.1, 0.15) is 6.07 Å². The molecule has 12 aromatic rings. The van der Waals surface area contributed by atoms with Crippen molar-refractivity contribution in [1.29, 1.82) is 26.3 Å². The van der Waals surface area contributed by atoms with Crippen LogP contribution in [0.4, 0.5) is 13.2 Å². The summed E-state index contributed by atoms with van der Waals surface area (Å²) in [4.78, 5) is 0. The highest BCUT2D eigenvalue weighted by molar-refractivity contribution is 6.13. The van der Waals surface area contributed by atoms with Crippen LogP contribution in [0, 0.1) is 56.7 Å². The van der Waals surface area contributed by atoms with Gasteiger partial charge in [-0.15, -0.1) is 0 Å². The number of alkyl halides is 3.